The summed E-state index contributed by atoms with van der Waals surface area (Å²) in [5, 5.41) is 3.39. The molecule has 1 aliphatic rings. The monoisotopic (exact) mass is 521 g/mol. The zero-order valence-corrected chi connectivity index (χ0v) is 22.6. The smallest absolute Gasteiger partial charge is 0.159 e. The number of pyridine rings is 2. The van der Waals surface area contributed by atoms with Crippen molar-refractivity contribution >= 4 is 22.3 Å². The number of imidazole rings is 1. The minimum Gasteiger partial charge on any atom is -0.404 e. The molecule has 1 aromatic carbocycles. The summed E-state index contributed by atoms with van der Waals surface area (Å²) < 4.78 is 13.5. The molecule has 5 rings (SSSR count). The van der Waals surface area contributed by atoms with Gasteiger partial charge in [0.2, 0.25) is 0 Å². The summed E-state index contributed by atoms with van der Waals surface area (Å²) in [7, 11) is 0. The molecule has 0 amide bonds. The van der Waals surface area contributed by atoms with Gasteiger partial charge in [0.25, 0.3) is 0 Å². The predicted octanol–water partition coefficient (Wildman–Crippen LogP) is 5.87. The highest BCUT2D eigenvalue weighted by Gasteiger charge is 2.28. The van der Waals surface area contributed by atoms with Crippen molar-refractivity contribution in [1.82, 2.24) is 25.3 Å². The maximum atomic E-state index is 13.5. The van der Waals surface area contributed by atoms with Gasteiger partial charge in [0.15, 0.2) is 5.82 Å². The van der Waals surface area contributed by atoms with E-state index in [1.54, 1.807) is 30.7 Å². The Morgan fingerprint density at radius 2 is 1.87 bits per heavy atom. The van der Waals surface area contributed by atoms with Gasteiger partial charge in [-0.3, -0.25) is 9.98 Å². The van der Waals surface area contributed by atoms with Crippen LogP contribution >= 0.6 is 0 Å². The minimum absolute atomic E-state index is 0.0599. The van der Waals surface area contributed by atoms with Crippen LogP contribution in [0.4, 0.5) is 4.39 Å². The van der Waals surface area contributed by atoms with Crippen molar-refractivity contribution in [3.05, 3.63) is 107 Å². The summed E-state index contributed by atoms with van der Waals surface area (Å²) in [6, 6.07) is 10.3. The number of benzene rings is 1. The van der Waals surface area contributed by atoms with Gasteiger partial charge >= 0.3 is 0 Å². The van der Waals surface area contributed by atoms with Crippen LogP contribution in [-0.2, 0) is 0 Å². The minimum atomic E-state index is -0.287. The first-order valence-corrected chi connectivity index (χ1v) is 13.1. The van der Waals surface area contributed by atoms with Crippen LogP contribution in [0.5, 0.6) is 0 Å². The largest absolute Gasteiger partial charge is 0.404 e. The molecule has 0 bridgehead atoms. The highest BCUT2D eigenvalue weighted by molar-refractivity contribution is 6.13. The van der Waals surface area contributed by atoms with Gasteiger partial charge in [0.05, 0.1) is 34.7 Å². The molecule has 0 radical (unpaired) electrons. The number of likely N-dealkylation sites (N-methyl/N-ethyl adjacent to an activating group) is 1. The second-order valence-corrected chi connectivity index (χ2v) is 9.81. The van der Waals surface area contributed by atoms with E-state index >= 15 is 0 Å². The lowest BCUT2D eigenvalue weighted by atomic mass is 10.0. The van der Waals surface area contributed by atoms with Gasteiger partial charge in [-0.25, -0.2) is 14.4 Å². The molecule has 0 fully saturated rings. The number of nitrogens with one attached hydrogen (secondary N) is 2. The Kier molecular flexibility index (Phi) is 7.47. The van der Waals surface area contributed by atoms with Crippen molar-refractivity contribution < 1.29 is 4.39 Å². The first kappa shape index (κ1) is 26.2. The Morgan fingerprint density at radius 1 is 1.08 bits per heavy atom. The molecule has 0 aliphatic carbocycles. The number of allylic oxidation sites excluding steroid dienone is 3. The second kappa shape index (κ2) is 11.1. The molecule has 0 saturated carbocycles. The molecule has 0 spiro atoms. The summed E-state index contributed by atoms with van der Waals surface area (Å²) in [5.41, 5.74) is 15.7. The molecule has 0 saturated heterocycles. The maximum Gasteiger partial charge on any atom is 0.159 e. The first-order valence-electron chi connectivity index (χ1n) is 13.1. The topological polar surface area (TPSA) is 105 Å². The zero-order valence-electron chi connectivity index (χ0n) is 22.6. The Morgan fingerprint density at radius 3 is 2.59 bits per heavy atom. The number of nitrogens with zero attached hydrogens (tertiary/aromatic N) is 4. The maximum absolute atomic E-state index is 13.5. The quantitative estimate of drug-likeness (QED) is 0.252. The fraction of sp³-hybridized carbons (Fsp3) is 0.226. The van der Waals surface area contributed by atoms with Crippen LogP contribution in [0.1, 0.15) is 56.5 Å². The van der Waals surface area contributed by atoms with Gasteiger partial charge in [-0.1, -0.05) is 36.8 Å². The Balaban J connectivity index is 1.55. The van der Waals surface area contributed by atoms with Crippen LogP contribution < -0.4 is 11.1 Å². The lowest BCUT2D eigenvalue weighted by Gasteiger charge is -2.10. The van der Waals surface area contributed by atoms with E-state index in [1.807, 2.05) is 13.0 Å². The summed E-state index contributed by atoms with van der Waals surface area (Å²) in [5.74, 6) is 0.326. The third-order valence-corrected chi connectivity index (χ3v) is 6.57. The van der Waals surface area contributed by atoms with E-state index in [1.165, 1.54) is 17.7 Å². The number of halogens is 1. The van der Waals surface area contributed by atoms with Crippen LogP contribution in [0.25, 0.3) is 27.7 Å². The van der Waals surface area contributed by atoms with Crippen molar-refractivity contribution in [1.29, 1.82) is 0 Å². The molecule has 4 heterocycles. The fourth-order valence-corrected chi connectivity index (χ4v) is 4.73. The molecule has 8 heteroatoms. The van der Waals surface area contributed by atoms with Crippen LogP contribution in [0, 0.1) is 5.82 Å². The molecule has 198 valence electrons. The van der Waals surface area contributed by atoms with E-state index < -0.39 is 0 Å². The first-order chi connectivity index (χ1) is 18.9. The van der Waals surface area contributed by atoms with Crippen molar-refractivity contribution in [2.75, 3.05) is 13.1 Å². The van der Waals surface area contributed by atoms with Gasteiger partial charge in [-0.15, -0.1) is 0 Å². The van der Waals surface area contributed by atoms with E-state index in [4.69, 9.17) is 20.7 Å². The lowest BCUT2D eigenvalue weighted by Crippen LogP contribution is -2.15. The average molecular weight is 522 g/mol. The molecule has 4 N–H and O–H groups in total. The van der Waals surface area contributed by atoms with E-state index in [9.17, 15) is 4.39 Å². The van der Waals surface area contributed by atoms with E-state index in [2.05, 4.69) is 54.3 Å². The summed E-state index contributed by atoms with van der Waals surface area (Å²) >= 11 is 0. The van der Waals surface area contributed by atoms with E-state index in [-0.39, 0.29) is 11.9 Å². The van der Waals surface area contributed by atoms with Gasteiger partial charge in [-0.2, -0.15) is 0 Å². The molecular weight excluding hydrogens is 489 g/mol. The zero-order chi connectivity index (χ0) is 27.5. The third-order valence-electron chi connectivity index (χ3n) is 6.57. The molecule has 3 aromatic heterocycles. The lowest BCUT2D eigenvalue weighted by molar-refractivity contribution is 0.628. The Hall–Kier alpha value is -4.43. The van der Waals surface area contributed by atoms with Crippen molar-refractivity contribution in [3.63, 3.8) is 0 Å². The number of aromatic nitrogens is 4. The number of hydrogen-bond donors (Lipinski definition) is 3. The normalized spacial score (nSPS) is 15.4. The van der Waals surface area contributed by atoms with Gasteiger partial charge in [-0.05, 0) is 62.7 Å². The summed E-state index contributed by atoms with van der Waals surface area (Å²) in [6.07, 6.45) is 9.29. The summed E-state index contributed by atoms with van der Waals surface area (Å²) in [6.45, 7) is 9.89. The van der Waals surface area contributed by atoms with Gasteiger partial charge < -0.3 is 16.0 Å². The van der Waals surface area contributed by atoms with Crippen molar-refractivity contribution in [3.8, 4) is 11.1 Å². The number of fused-ring (bicyclic) bond motifs is 2. The van der Waals surface area contributed by atoms with Crippen LogP contribution in [-0.4, -0.2) is 38.7 Å². The third kappa shape index (κ3) is 5.42. The van der Waals surface area contributed by atoms with Gasteiger partial charge in [0.1, 0.15) is 11.5 Å². The number of aliphatic imine (C=N–C) groups is 1. The van der Waals surface area contributed by atoms with E-state index in [0.29, 0.717) is 11.5 Å². The number of rotatable bonds is 8. The Labute approximate surface area is 227 Å². The average Bonchev–Trinajstić information content (AvgIpc) is 3.51. The van der Waals surface area contributed by atoms with Crippen LogP contribution in [0.3, 0.4) is 0 Å². The molecule has 1 aliphatic heterocycles. The fourth-order valence-electron chi connectivity index (χ4n) is 4.73. The Bertz CT molecular complexity index is 1640. The number of aromatic amines is 1. The number of hydrogen-bond acceptors (Lipinski definition) is 6. The molecule has 1 atom stereocenters. The molecule has 0 unspecified atom stereocenters. The molecular formula is C31H32FN7. The molecule has 39 heavy (non-hydrogen) atoms. The highest BCUT2D eigenvalue weighted by Crippen LogP contribution is 2.33. The highest BCUT2D eigenvalue weighted by atomic mass is 19.1. The van der Waals surface area contributed by atoms with Gasteiger partial charge in [0, 0.05) is 35.6 Å². The molecule has 4 aromatic rings. The SMILES string of the molecule is CCNC/C(C=C(C)C)=C/C(=C\N)c1ccc2c(n1)C(c1nc3c(-c4ccc(F)cc4)cncc3[nH]1)=N[C@H]2C. The van der Waals surface area contributed by atoms with Crippen molar-refractivity contribution in [2.24, 2.45) is 10.7 Å². The second-order valence-electron chi connectivity index (χ2n) is 9.81. The predicted molar refractivity (Wildman–Crippen MR) is 156 cm³/mol. The number of H-pyrrole nitrogens is 1. The van der Waals surface area contributed by atoms with E-state index in [0.717, 1.165) is 63.3 Å². The van der Waals surface area contributed by atoms with Crippen LogP contribution in [0.15, 0.2) is 83.3 Å². The van der Waals surface area contributed by atoms with Crippen molar-refractivity contribution in [2.45, 2.75) is 33.7 Å². The number of nitrogens with two attached hydrogens (primary N) is 1. The van der Waals surface area contributed by atoms with Crippen LogP contribution in [0.2, 0.25) is 0 Å². The molecule has 7 nitrogen and oxygen atoms in total. The standard InChI is InChI=1S/C31H32FN7/c1-5-34-15-20(12-18(2)3)13-22(14-33)26-11-10-24-19(4)36-30(29(24)37-26)31-38-27-17-35-16-25(28(27)39-31)21-6-8-23(32)9-7-21/h6-14,16-17,19,34H,5,15,33H2,1-4H3,(H,38,39)/b20-13+,22-14+/t19-/m0/s1. The summed E-state index contributed by atoms with van der Waals surface area (Å²) in [4.78, 5) is 22.6.